The fourth-order valence-electron chi connectivity index (χ4n) is 2.58. The SMILES string of the molecule is COC(=O)[C@@H](Cc1ccc(C(C)(C)C)cc1)NC(=O)c1cccc(Br)c1. The van der Waals surface area contributed by atoms with Crippen molar-refractivity contribution in [3.63, 3.8) is 0 Å². The maximum Gasteiger partial charge on any atom is 0.328 e. The first kappa shape index (κ1) is 20.2. The fraction of sp³-hybridized carbons (Fsp3) is 0.333. The number of esters is 1. The lowest BCUT2D eigenvalue weighted by molar-refractivity contribution is -0.142. The normalized spacial score (nSPS) is 12.3. The molecule has 26 heavy (non-hydrogen) atoms. The van der Waals surface area contributed by atoms with Crippen molar-refractivity contribution in [1.29, 1.82) is 0 Å². The zero-order valence-electron chi connectivity index (χ0n) is 15.5. The van der Waals surface area contributed by atoms with Crippen LogP contribution in [0.5, 0.6) is 0 Å². The van der Waals surface area contributed by atoms with Gasteiger partial charge in [-0.05, 0) is 34.7 Å². The van der Waals surface area contributed by atoms with E-state index in [-0.39, 0.29) is 11.3 Å². The second-order valence-electron chi connectivity index (χ2n) is 7.21. The van der Waals surface area contributed by atoms with Gasteiger partial charge in [0.25, 0.3) is 5.91 Å². The van der Waals surface area contributed by atoms with Gasteiger partial charge in [0.05, 0.1) is 7.11 Å². The molecule has 0 heterocycles. The number of ether oxygens (including phenoxy) is 1. The van der Waals surface area contributed by atoms with Crippen molar-refractivity contribution in [1.82, 2.24) is 5.32 Å². The van der Waals surface area contributed by atoms with Gasteiger partial charge in [0.1, 0.15) is 6.04 Å². The van der Waals surface area contributed by atoms with Crippen LogP contribution in [0.25, 0.3) is 0 Å². The van der Waals surface area contributed by atoms with Crippen molar-refractivity contribution in [2.75, 3.05) is 7.11 Å². The monoisotopic (exact) mass is 417 g/mol. The van der Waals surface area contributed by atoms with Gasteiger partial charge < -0.3 is 10.1 Å². The summed E-state index contributed by atoms with van der Waals surface area (Å²) in [7, 11) is 1.32. The molecule has 0 saturated carbocycles. The Labute approximate surface area is 163 Å². The minimum atomic E-state index is -0.744. The molecule has 1 N–H and O–H groups in total. The van der Waals surface area contributed by atoms with Crippen LogP contribution >= 0.6 is 15.9 Å². The van der Waals surface area contributed by atoms with E-state index in [0.717, 1.165) is 10.0 Å². The molecule has 0 aliphatic heterocycles. The summed E-state index contributed by atoms with van der Waals surface area (Å²) in [5, 5.41) is 2.77. The predicted molar refractivity (Wildman–Crippen MR) is 106 cm³/mol. The number of nitrogens with one attached hydrogen (secondary N) is 1. The van der Waals surface area contributed by atoms with E-state index >= 15 is 0 Å². The van der Waals surface area contributed by atoms with Crippen LogP contribution < -0.4 is 5.32 Å². The van der Waals surface area contributed by atoms with E-state index < -0.39 is 12.0 Å². The van der Waals surface area contributed by atoms with E-state index in [1.54, 1.807) is 18.2 Å². The van der Waals surface area contributed by atoms with Crippen LogP contribution in [0, 0.1) is 0 Å². The molecule has 0 fully saturated rings. The van der Waals surface area contributed by atoms with Gasteiger partial charge in [0.15, 0.2) is 0 Å². The Balaban J connectivity index is 2.15. The van der Waals surface area contributed by atoms with Crippen molar-refractivity contribution >= 4 is 27.8 Å². The molecule has 2 rings (SSSR count). The topological polar surface area (TPSA) is 55.4 Å². The summed E-state index contributed by atoms with van der Waals surface area (Å²) in [6.07, 6.45) is 0.372. The number of benzene rings is 2. The van der Waals surface area contributed by atoms with E-state index in [9.17, 15) is 9.59 Å². The first-order valence-electron chi connectivity index (χ1n) is 8.44. The van der Waals surface area contributed by atoms with Crippen LogP contribution in [-0.4, -0.2) is 25.0 Å². The lowest BCUT2D eigenvalue weighted by Gasteiger charge is -2.20. The van der Waals surface area contributed by atoms with Crippen molar-refractivity contribution in [3.05, 3.63) is 69.7 Å². The molecule has 138 valence electrons. The van der Waals surface area contributed by atoms with Gasteiger partial charge in [-0.3, -0.25) is 4.79 Å². The fourth-order valence-corrected chi connectivity index (χ4v) is 2.98. The predicted octanol–water partition coefficient (Wildman–Crippen LogP) is 4.26. The number of carbonyl (C=O) groups is 2. The van der Waals surface area contributed by atoms with Crippen LogP contribution in [-0.2, 0) is 21.4 Å². The van der Waals surface area contributed by atoms with Crippen LogP contribution in [0.1, 0.15) is 42.3 Å². The molecule has 1 atom stereocenters. The standard InChI is InChI=1S/C21H24BrNO3/c1-21(2,3)16-10-8-14(9-11-16)12-18(20(25)26-4)23-19(24)15-6-5-7-17(22)13-15/h5-11,13,18H,12H2,1-4H3,(H,23,24)/t18-/m1/s1. The highest BCUT2D eigenvalue weighted by Crippen LogP contribution is 2.22. The Morgan fingerprint density at radius 3 is 2.31 bits per heavy atom. The molecular formula is C21H24BrNO3. The third kappa shape index (κ3) is 5.43. The molecule has 4 nitrogen and oxygen atoms in total. The third-order valence-corrected chi connectivity index (χ3v) is 4.63. The largest absolute Gasteiger partial charge is 0.467 e. The molecule has 0 radical (unpaired) electrons. The second kappa shape index (κ2) is 8.49. The number of hydrogen-bond acceptors (Lipinski definition) is 3. The highest BCUT2D eigenvalue weighted by Gasteiger charge is 2.23. The van der Waals surface area contributed by atoms with Gasteiger partial charge >= 0.3 is 5.97 Å². The minimum absolute atomic E-state index is 0.0647. The molecule has 5 heteroatoms. The molecule has 0 spiro atoms. The Morgan fingerprint density at radius 2 is 1.77 bits per heavy atom. The smallest absolute Gasteiger partial charge is 0.328 e. The molecule has 0 bridgehead atoms. The zero-order chi connectivity index (χ0) is 19.3. The number of amides is 1. The van der Waals surface area contributed by atoms with Crippen molar-refractivity contribution in [2.45, 2.75) is 38.6 Å². The van der Waals surface area contributed by atoms with Gasteiger partial charge in [-0.1, -0.05) is 67.0 Å². The van der Waals surface area contributed by atoms with Gasteiger partial charge in [-0.25, -0.2) is 4.79 Å². The van der Waals surface area contributed by atoms with Crippen molar-refractivity contribution < 1.29 is 14.3 Å². The molecule has 0 aliphatic carbocycles. The molecule has 0 aliphatic rings. The van der Waals surface area contributed by atoms with E-state index in [1.807, 2.05) is 18.2 Å². The number of carbonyl (C=O) groups excluding carboxylic acids is 2. The van der Waals surface area contributed by atoms with Gasteiger partial charge in [0.2, 0.25) is 0 Å². The molecule has 2 aromatic carbocycles. The summed E-state index contributed by atoms with van der Waals surface area (Å²) in [6, 6.07) is 14.4. The summed E-state index contributed by atoms with van der Waals surface area (Å²) < 4.78 is 5.66. The van der Waals surface area contributed by atoms with Gasteiger partial charge in [-0.15, -0.1) is 0 Å². The number of methoxy groups -OCH3 is 1. The maximum absolute atomic E-state index is 12.5. The molecule has 2 aromatic rings. The molecule has 0 unspecified atom stereocenters. The average Bonchev–Trinajstić information content (AvgIpc) is 2.60. The molecule has 1 amide bonds. The Bertz CT molecular complexity index is 779. The first-order valence-corrected chi connectivity index (χ1v) is 9.23. The minimum Gasteiger partial charge on any atom is -0.467 e. The Hall–Kier alpha value is -2.14. The first-order chi connectivity index (χ1) is 12.2. The average molecular weight is 418 g/mol. The summed E-state index contributed by atoms with van der Waals surface area (Å²) in [5.74, 6) is -0.777. The van der Waals surface area contributed by atoms with E-state index in [1.165, 1.54) is 12.7 Å². The second-order valence-corrected chi connectivity index (χ2v) is 8.13. The Morgan fingerprint density at radius 1 is 1.12 bits per heavy atom. The quantitative estimate of drug-likeness (QED) is 0.739. The van der Waals surface area contributed by atoms with Crippen LogP contribution in [0.3, 0.4) is 0 Å². The van der Waals surface area contributed by atoms with E-state index in [4.69, 9.17) is 4.74 Å². The van der Waals surface area contributed by atoms with Crippen molar-refractivity contribution in [3.8, 4) is 0 Å². The highest BCUT2D eigenvalue weighted by molar-refractivity contribution is 9.10. The third-order valence-electron chi connectivity index (χ3n) is 4.14. The maximum atomic E-state index is 12.5. The van der Waals surface area contributed by atoms with Crippen LogP contribution in [0.15, 0.2) is 53.0 Å². The lowest BCUT2D eigenvalue weighted by Crippen LogP contribution is -2.43. The lowest BCUT2D eigenvalue weighted by atomic mass is 9.86. The molecule has 0 saturated heterocycles. The summed E-state index contributed by atoms with van der Waals surface area (Å²) in [6.45, 7) is 6.45. The number of rotatable bonds is 5. The molecule has 0 aromatic heterocycles. The van der Waals surface area contributed by atoms with E-state index in [2.05, 4.69) is 54.2 Å². The number of halogens is 1. The summed E-state index contributed by atoms with van der Waals surface area (Å²) in [5.41, 5.74) is 2.73. The summed E-state index contributed by atoms with van der Waals surface area (Å²) in [4.78, 5) is 24.6. The van der Waals surface area contributed by atoms with E-state index in [0.29, 0.717) is 12.0 Å². The van der Waals surface area contributed by atoms with Gasteiger partial charge in [0, 0.05) is 16.5 Å². The Kier molecular flexibility index (Phi) is 6.59. The van der Waals surface area contributed by atoms with Crippen molar-refractivity contribution in [2.24, 2.45) is 0 Å². The zero-order valence-corrected chi connectivity index (χ0v) is 17.1. The number of hydrogen-bond donors (Lipinski definition) is 1. The van der Waals surface area contributed by atoms with Crippen LogP contribution in [0.4, 0.5) is 0 Å². The van der Waals surface area contributed by atoms with Crippen LogP contribution in [0.2, 0.25) is 0 Å². The summed E-state index contributed by atoms with van der Waals surface area (Å²) >= 11 is 3.34. The van der Waals surface area contributed by atoms with Gasteiger partial charge in [-0.2, -0.15) is 0 Å². The highest BCUT2D eigenvalue weighted by atomic mass is 79.9. The molecular weight excluding hydrogens is 394 g/mol.